The number of nitrogens with one attached hydrogen (secondary N) is 1. The van der Waals surface area contributed by atoms with E-state index in [0.717, 1.165) is 17.1 Å². The maximum atomic E-state index is 12.1. The summed E-state index contributed by atoms with van der Waals surface area (Å²) in [7, 11) is 0. The first-order valence-electron chi connectivity index (χ1n) is 6.07. The van der Waals surface area contributed by atoms with Crippen molar-refractivity contribution in [3.8, 4) is 11.8 Å². The highest BCUT2D eigenvalue weighted by atomic mass is 32.1. The molecule has 6 heteroatoms. The fourth-order valence-electron chi connectivity index (χ4n) is 1.62. The number of hydrogen-bond donors (Lipinski definition) is 2. The van der Waals surface area contributed by atoms with Gasteiger partial charge >= 0.3 is 0 Å². The molecule has 0 aliphatic carbocycles. The number of carbonyl (C=O) groups is 1. The summed E-state index contributed by atoms with van der Waals surface area (Å²) >= 11 is 1.09. The van der Waals surface area contributed by atoms with Crippen LogP contribution in [0.15, 0.2) is 24.3 Å². The van der Waals surface area contributed by atoms with E-state index in [4.69, 9.17) is 5.11 Å². The van der Waals surface area contributed by atoms with E-state index in [9.17, 15) is 4.79 Å². The molecule has 1 heterocycles. The minimum Gasteiger partial charge on any atom is -0.384 e. The molecular formula is C14H13N3O2S. The van der Waals surface area contributed by atoms with Crippen LogP contribution in [0.5, 0.6) is 0 Å². The van der Waals surface area contributed by atoms with E-state index in [0.29, 0.717) is 22.7 Å². The minimum atomic E-state index is -0.218. The van der Waals surface area contributed by atoms with Crippen molar-refractivity contribution in [1.29, 1.82) is 0 Å². The van der Waals surface area contributed by atoms with Gasteiger partial charge in [0.2, 0.25) is 0 Å². The number of nitrogens with zero attached hydrogens (tertiary/aromatic N) is 2. The van der Waals surface area contributed by atoms with Crippen LogP contribution in [-0.2, 0) is 6.42 Å². The summed E-state index contributed by atoms with van der Waals surface area (Å²) in [4.78, 5) is 12.7. The van der Waals surface area contributed by atoms with Crippen LogP contribution in [0, 0.1) is 11.8 Å². The lowest BCUT2D eigenvalue weighted by molar-refractivity contribution is 0.102. The topological polar surface area (TPSA) is 75.1 Å². The molecule has 2 N–H and O–H groups in total. The smallest absolute Gasteiger partial charge is 0.269 e. The quantitative estimate of drug-likeness (QED) is 0.843. The van der Waals surface area contributed by atoms with Crippen molar-refractivity contribution in [3.05, 3.63) is 40.4 Å². The van der Waals surface area contributed by atoms with Gasteiger partial charge in [0.25, 0.3) is 5.91 Å². The molecule has 102 valence electrons. The number of anilines is 1. The number of amides is 1. The number of aliphatic hydroxyl groups is 1. The molecule has 0 saturated heterocycles. The van der Waals surface area contributed by atoms with Crippen molar-refractivity contribution >= 4 is 23.1 Å². The highest BCUT2D eigenvalue weighted by Crippen LogP contribution is 2.15. The molecule has 0 unspecified atom stereocenters. The van der Waals surface area contributed by atoms with Gasteiger partial charge in [-0.25, -0.2) is 0 Å². The Balaban J connectivity index is 2.16. The predicted octanol–water partition coefficient (Wildman–Crippen LogP) is 1.70. The highest BCUT2D eigenvalue weighted by molar-refractivity contribution is 7.08. The fraction of sp³-hybridized carbons (Fsp3) is 0.214. The van der Waals surface area contributed by atoms with Crippen LogP contribution >= 0.6 is 11.5 Å². The third-order valence-electron chi connectivity index (χ3n) is 2.53. The third kappa shape index (κ3) is 3.41. The lowest BCUT2D eigenvalue weighted by Gasteiger charge is -2.04. The Labute approximate surface area is 120 Å². The van der Waals surface area contributed by atoms with Gasteiger partial charge in [-0.2, -0.15) is 0 Å². The largest absolute Gasteiger partial charge is 0.384 e. The average molecular weight is 287 g/mol. The van der Waals surface area contributed by atoms with E-state index in [2.05, 4.69) is 26.7 Å². The second-order valence-electron chi connectivity index (χ2n) is 3.90. The number of aliphatic hydroxyl groups excluding tert-OH is 1. The molecule has 1 amide bonds. The molecule has 1 aromatic carbocycles. The van der Waals surface area contributed by atoms with E-state index in [1.54, 1.807) is 18.2 Å². The number of rotatable bonds is 3. The summed E-state index contributed by atoms with van der Waals surface area (Å²) in [6, 6.07) is 7.13. The molecular weight excluding hydrogens is 274 g/mol. The lowest BCUT2D eigenvalue weighted by Crippen LogP contribution is -2.12. The maximum Gasteiger partial charge on any atom is 0.269 e. The van der Waals surface area contributed by atoms with Gasteiger partial charge in [0.1, 0.15) is 11.5 Å². The molecule has 0 saturated carbocycles. The molecule has 5 nitrogen and oxygen atoms in total. The van der Waals surface area contributed by atoms with Crippen LogP contribution in [0.2, 0.25) is 0 Å². The van der Waals surface area contributed by atoms with Crippen molar-refractivity contribution < 1.29 is 9.90 Å². The zero-order valence-corrected chi connectivity index (χ0v) is 11.7. The number of benzene rings is 1. The summed E-state index contributed by atoms with van der Waals surface area (Å²) in [6.45, 7) is 1.74. The van der Waals surface area contributed by atoms with E-state index in [-0.39, 0.29) is 12.5 Å². The molecule has 0 atom stereocenters. The molecule has 0 radical (unpaired) electrons. The summed E-state index contributed by atoms with van der Waals surface area (Å²) in [5.41, 5.74) is 2.08. The van der Waals surface area contributed by atoms with Gasteiger partial charge in [0.05, 0.1) is 5.69 Å². The van der Waals surface area contributed by atoms with Gasteiger partial charge in [0.15, 0.2) is 0 Å². The standard InChI is InChI=1S/C14H13N3O2S/c1-2-12-13(20-17-16-12)14(19)15-11-7-3-5-10(9-11)6-4-8-18/h3,5,7,9,18H,2,8H2,1H3,(H,15,19). The first-order valence-corrected chi connectivity index (χ1v) is 6.84. The summed E-state index contributed by atoms with van der Waals surface area (Å²) in [5.74, 6) is 5.14. The Kier molecular flexibility index (Phi) is 4.82. The van der Waals surface area contributed by atoms with Crippen LogP contribution in [0.4, 0.5) is 5.69 Å². The molecule has 0 fully saturated rings. The molecule has 0 aliphatic rings. The molecule has 0 bridgehead atoms. The van der Waals surface area contributed by atoms with Crippen molar-refractivity contribution in [2.24, 2.45) is 0 Å². The molecule has 0 spiro atoms. The number of carbonyl (C=O) groups excluding carboxylic acids is 1. The van der Waals surface area contributed by atoms with Gasteiger partial charge in [-0.05, 0) is 36.2 Å². The van der Waals surface area contributed by atoms with Crippen LogP contribution in [0.3, 0.4) is 0 Å². The zero-order valence-electron chi connectivity index (χ0n) is 10.9. The van der Waals surface area contributed by atoms with Gasteiger partial charge < -0.3 is 10.4 Å². The normalized spacial score (nSPS) is 9.70. The van der Waals surface area contributed by atoms with E-state index < -0.39 is 0 Å². The first-order chi connectivity index (χ1) is 9.74. The Hall–Kier alpha value is -2.23. The molecule has 1 aromatic heterocycles. The fourth-order valence-corrected chi connectivity index (χ4v) is 2.26. The number of hydrogen-bond acceptors (Lipinski definition) is 5. The Morgan fingerprint density at radius 1 is 1.50 bits per heavy atom. The maximum absolute atomic E-state index is 12.1. The molecule has 2 aromatic rings. The third-order valence-corrected chi connectivity index (χ3v) is 3.30. The Bertz CT molecular complexity index is 670. The van der Waals surface area contributed by atoms with Crippen molar-refractivity contribution in [2.45, 2.75) is 13.3 Å². The molecule has 0 aliphatic heterocycles. The van der Waals surface area contributed by atoms with Crippen molar-refractivity contribution in [3.63, 3.8) is 0 Å². The van der Waals surface area contributed by atoms with Gasteiger partial charge in [0, 0.05) is 11.3 Å². The van der Waals surface area contributed by atoms with Gasteiger partial charge in [-0.15, -0.1) is 5.10 Å². The minimum absolute atomic E-state index is 0.191. The van der Waals surface area contributed by atoms with Crippen LogP contribution in [-0.4, -0.2) is 27.2 Å². The van der Waals surface area contributed by atoms with Gasteiger partial charge in [-0.3, -0.25) is 4.79 Å². The average Bonchev–Trinajstić information content (AvgIpc) is 2.94. The van der Waals surface area contributed by atoms with E-state index in [1.807, 2.05) is 13.0 Å². The van der Waals surface area contributed by atoms with E-state index >= 15 is 0 Å². The summed E-state index contributed by atoms with van der Waals surface area (Å²) in [6.07, 6.45) is 0.668. The first kappa shape index (κ1) is 14.2. The van der Waals surface area contributed by atoms with E-state index in [1.165, 1.54) is 0 Å². The lowest BCUT2D eigenvalue weighted by atomic mass is 10.2. The Morgan fingerprint density at radius 2 is 2.35 bits per heavy atom. The SMILES string of the molecule is CCc1nnsc1C(=O)Nc1cccc(C#CCO)c1. The summed E-state index contributed by atoms with van der Waals surface area (Å²) < 4.78 is 3.79. The zero-order chi connectivity index (χ0) is 14.4. The van der Waals surface area contributed by atoms with Crippen molar-refractivity contribution in [1.82, 2.24) is 9.59 Å². The van der Waals surface area contributed by atoms with Gasteiger partial charge in [-0.1, -0.05) is 29.3 Å². The van der Waals surface area contributed by atoms with Crippen LogP contribution < -0.4 is 5.32 Å². The summed E-state index contributed by atoms with van der Waals surface area (Å²) in [5, 5.41) is 15.4. The highest BCUT2D eigenvalue weighted by Gasteiger charge is 2.14. The Morgan fingerprint density at radius 3 is 3.10 bits per heavy atom. The van der Waals surface area contributed by atoms with Crippen LogP contribution in [0.25, 0.3) is 0 Å². The second-order valence-corrected chi connectivity index (χ2v) is 4.65. The number of aryl methyl sites for hydroxylation is 1. The molecule has 20 heavy (non-hydrogen) atoms. The molecule has 2 rings (SSSR count). The monoisotopic (exact) mass is 287 g/mol. The number of aromatic nitrogens is 2. The van der Waals surface area contributed by atoms with Crippen LogP contribution in [0.1, 0.15) is 27.9 Å². The second kappa shape index (κ2) is 6.80. The van der Waals surface area contributed by atoms with Crippen molar-refractivity contribution in [2.75, 3.05) is 11.9 Å². The predicted molar refractivity (Wildman–Crippen MR) is 77.6 cm³/mol.